The van der Waals surface area contributed by atoms with Crippen LogP contribution in [0.2, 0.25) is 0 Å². The Labute approximate surface area is 110 Å². The van der Waals surface area contributed by atoms with Crippen LogP contribution >= 0.6 is 0 Å². The third-order valence-electron chi connectivity index (χ3n) is 2.44. The zero-order valence-corrected chi connectivity index (χ0v) is 11.4. The Morgan fingerprint density at radius 2 is 2.21 bits per heavy atom. The van der Waals surface area contributed by atoms with Crippen molar-refractivity contribution in [1.82, 2.24) is 9.78 Å². The first-order valence-electron chi connectivity index (χ1n) is 5.69. The Hall–Kier alpha value is -1.80. The van der Waals surface area contributed by atoms with Gasteiger partial charge in [-0.05, 0) is 26.0 Å². The summed E-state index contributed by atoms with van der Waals surface area (Å²) in [6, 6.07) is 2.84. The highest BCUT2D eigenvalue weighted by molar-refractivity contribution is 7.92. The Bertz CT molecular complexity index is 657. The zero-order valence-electron chi connectivity index (χ0n) is 10.6. The van der Waals surface area contributed by atoms with Gasteiger partial charge in [0.25, 0.3) is 10.0 Å². The SMILES string of the molecule is CC(C)n1cc(NS(=O)(=O)c2ccc(CO)o2)cn1. The highest BCUT2D eigenvalue weighted by atomic mass is 32.2. The highest BCUT2D eigenvalue weighted by Gasteiger charge is 2.19. The van der Waals surface area contributed by atoms with Crippen LogP contribution in [0.5, 0.6) is 0 Å². The fourth-order valence-corrected chi connectivity index (χ4v) is 2.45. The predicted molar refractivity (Wildman–Crippen MR) is 68.1 cm³/mol. The number of sulfonamides is 1. The number of furan rings is 1. The molecule has 2 rings (SSSR count). The van der Waals surface area contributed by atoms with E-state index in [1.165, 1.54) is 18.3 Å². The van der Waals surface area contributed by atoms with Crippen LogP contribution in [0, 0.1) is 0 Å². The number of hydrogen-bond donors (Lipinski definition) is 2. The van der Waals surface area contributed by atoms with E-state index in [0.29, 0.717) is 5.69 Å². The van der Waals surface area contributed by atoms with Crippen molar-refractivity contribution in [1.29, 1.82) is 0 Å². The van der Waals surface area contributed by atoms with Crippen LogP contribution in [0.3, 0.4) is 0 Å². The molecular formula is C11H15N3O4S. The summed E-state index contributed by atoms with van der Waals surface area (Å²) in [5, 5.41) is 12.6. The molecule has 2 heterocycles. The van der Waals surface area contributed by atoms with E-state index in [1.54, 1.807) is 10.9 Å². The molecule has 0 saturated carbocycles. The van der Waals surface area contributed by atoms with Crippen molar-refractivity contribution >= 4 is 15.7 Å². The van der Waals surface area contributed by atoms with Gasteiger partial charge < -0.3 is 9.52 Å². The van der Waals surface area contributed by atoms with Gasteiger partial charge in [-0.2, -0.15) is 13.5 Å². The van der Waals surface area contributed by atoms with Crippen LogP contribution < -0.4 is 4.72 Å². The largest absolute Gasteiger partial charge is 0.445 e. The predicted octanol–water partition coefficient (Wildman–Crippen LogP) is 1.35. The number of anilines is 1. The van der Waals surface area contributed by atoms with Crippen molar-refractivity contribution in [3.63, 3.8) is 0 Å². The van der Waals surface area contributed by atoms with E-state index in [1.807, 2.05) is 13.8 Å². The topological polar surface area (TPSA) is 97.4 Å². The average molecular weight is 285 g/mol. The van der Waals surface area contributed by atoms with Gasteiger partial charge in [-0.15, -0.1) is 0 Å². The molecule has 0 saturated heterocycles. The summed E-state index contributed by atoms with van der Waals surface area (Å²) in [5.74, 6) is 0.193. The first kappa shape index (κ1) is 13.6. The number of aromatic nitrogens is 2. The van der Waals surface area contributed by atoms with Gasteiger partial charge in [-0.1, -0.05) is 0 Å². The maximum Gasteiger partial charge on any atom is 0.295 e. The molecule has 0 amide bonds. The van der Waals surface area contributed by atoms with E-state index >= 15 is 0 Å². The molecule has 7 nitrogen and oxygen atoms in total. The molecule has 8 heteroatoms. The first-order chi connectivity index (χ1) is 8.92. The normalized spacial score (nSPS) is 12.0. The van der Waals surface area contributed by atoms with E-state index in [2.05, 4.69) is 9.82 Å². The summed E-state index contributed by atoms with van der Waals surface area (Å²) in [7, 11) is -3.80. The van der Waals surface area contributed by atoms with E-state index in [9.17, 15) is 8.42 Å². The minimum Gasteiger partial charge on any atom is -0.445 e. The Morgan fingerprint density at radius 1 is 1.47 bits per heavy atom. The van der Waals surface area contributed by atoms with E-state index in [0.717, 1.165) is 0 Å². The average Bonchev–Trinajstić information content (AvgIpc) is 2.96. The van der Waals surface area contributed by atoms with Gasteiger partial charge in [0.05, 0.1) is 11.9 Å². The van der Waals surface area contributed by atoms with Gasteiger partial charge in [-0.3, -0.25) is 9.40 Å². The quantitative estimate of drug-likeness (QED) is 0.864. The van der Waals surface area contributed by atoms with E-state index in [-0.39, 0.29) is 23.5 Å². The van der Waals surface area contributed by atoms with Crippen LogP contribution in [0.4, 0.5) is 5.69 Å². The van der Waals surface area contributed by atoms with Crippen LogP contribution in [0.25, 0.3) is 0 Å². The van der Waals surface area contributed by atoms with E-state index in [4.69, 9.17) is 9.52 Å². The van der Waals surface area contributed by atoms with Gasteiger partial charge in [-0.25, -0.2) is 0 Å². The second-order valence-corrected chi connectivity index (χ2v) is 5.90. The second-order valence-electron chi connectivity index (χ2n) is 4.29. The number of hydrogen-bond acceptors (Lipinski definition) is 5. The zero-order chi connectivity index (χ0) is 14.0. The molecule has 0 fully saturated rings. The summed E-state index contributed by atoms with van der Waals surface area (Å²) in [6.45, 7) is 3.53. The third-order valence-corrected chi connectivity index (χ3v) is 3.69. The fourth-order valence-electron chi connectivity index (χ4n) is 1.47. The summed E-state index contributed by atoms with van der Waals surface area (Å²) in [4.78, 5) is 0. The lowest BCUT2D eigenvalue weighted by molar-refractivity contribution is 0.236. The number of nitrogens with zero attached hydrogens (tertiary/aromatic N) is 2. The fraction of sp³-hybridized carbons (Fsp3) is 0.364. The van der Waals surface area contributed by atoms with Gasteiger partial charge >= 0.3 is 0 Å². The minimum atomic E-state index is -3.80. The molecule has 19 heavy (non-hydrogen) atoms. The molecule has 0 aliphatic carbocycles. The summed E-state index contributed by atoms with van der Waals surface area (Å²) in [5.41, 5.74) is 0.357. The lowest BCUT2D eigenvalue weighted by Gasteiger charge is -2.04. The molecule has 0 unspecified atom stereocenters. The molecule has 0 aromatic carbocycles. The highest BCUT2D eigenvalue weighted by Crippen LogP contribution is 2.19. The van der Waals surface area contributed by atoms with Crippen LogP contribution in [0.1, 0.15) is 25.6 Å². The van der Waals surface area contributed by atoms with Crippen LogP contribution in [-0.2, 0) is 16.6 Å². The summed E-state index contributed by atoms with van der Waals surface area (Å²) in [6.07, 6.45) is 3.02. The van der Waals surface area contributed by atoms with E-state index < -0.39 is 10.0 Å². The van der Waals surface area contributed by atoms with Gasteiger partial charge in [0.15, 0.2) is 0 Å². The van der Waals surface area contributed by atoms with Crippen molar-refractivity contribution in [2.75, 3.05) is 4.72 Å². The molecule has 0 bridgehead atoms. The van der Waals surface area contributed by atoms with Gasteiger partial charge in [0.2, 0.25) is 5.09 Å². The molecule has 0 atom stereocenters. The monoisotopic (exact) mass is 285 g/mol. The lowest BCUT2D eigenvalue weighted by Crippen LogP contribution is -2.11. The summed E-state index contributed by atoms with van der Waals surface area (Å²) >= 11 is 0. The van der Waals surface area contributed by atoms with Crippen molar-refractivity contribution < 1.29 is 17.9 Å². The summed E-state index contributed by atoms with van der Waals surface area (Å²) < 4.78 is 33.0. The van der Waals surface area contributed by atoms with Crippen LogP contribution in [0.15, 0.2) is 34.0 Å². The smallest absolute Gasteiger partial charge is 0.295 e. The molecular weight excluding hydrogens is 270 g/mol. The second kappa shape index (κ2) is 5.06. The van der Waals surface area contributed by atoms with Crippen molar-refractivity contribution in [3.05, 3.63) is 30.3 Å². The molecule has 2 N–H and O–H groups in total. The number of rotatable bonds is 5. The Balaban J connectivity index is 2.20. The molecule has 0 radical (unpaired) electrons. The van der Waals surface area contributed by atoms with Gasteiger partial charge in [0.1, 0.15) is 12.4 Å². The molecule has 0 spiro atoms. The lowest BCUT2D eigenvalue weighted by atomic mass is 10.4. The maximum atomic E-state index is 12.0. The minimum absolute atomic E-state index is 0.142. The third kappa shape index (κ3) is 2.96. The van der Waals surface area contributed by atoms with Crippen molar-refractivity contribution in [2.45, 2.75) is 31.6 Å². The molecule has 2 aromatic rings. The molecule has 104 valence electrons. The maximum absolute atomic E-state index is 12.0. The Morgan fingerprint density at radius 3 is 2.74 bits per heavy atom. The Kier molecular flexibility index (Phi) is 3.63. The van der Waals surface area contributed by atoms with Crippen LogP contribution in [-0.4, -0.2) is 23.3 Å². The number of aliphatic hydroxyl groups is 1. The standard InChI is InChI=1S/C11H15N3O4S/c1-8(2)14-6-9(5-12-14)13-19(16,17)11-4-3-10(7-15)18-11/h3-6,8,13,15H,7H2,1-2H3. The van der Waals surface area contributed by atoms with Crippen molar-refractivity contribution in [2.24, 2.45) is 0 Å². The van der Waals surface area contributed by atoms with Gasteiger partial charge in [0, 0.05) is 12.2 Å². The number of aliphatic hydroxyl groups excluding tert-OH is 1. The first-order valence-corrected chi connectivity index (χ1v) is 7.17. The molecule has 0 aliphatic rings. The van der Waals surface area contributed by atoms with Crippen molar-refractivity contribution in [3.8, 4) is 0 Å². The molecule has 0 aliphatic heterocycles. The number of nitrogens with one attached hydrogen (secondary N) is 1. The molecule has 2 aromatic heterocycles.